The van der Waals surface area contributed by atoms with Crippen molar-refractivity contribution in [3.63, 3.8) is 0 Å². The van der Waals surface area contributed by atoms with E-state index in [1.54, 1.807) is 18.5 Å². The van der Waals surface area contributed by atoms with Crippen molar-refractivity contribution in [2.24, 2.45) is 0 Å². The highest BCUT2D eigenvalue weighted by molar-refractivity contribution is 5.53. The number of rotatable bonds is 3. The van der Waals surface area contributed by atoms with Crippen LogP contribution < -0.4 is 5.32 Å². The predicted molar refractivity (Wildman–Crippen MR) is 65.8 cm³/mol. The van der Waals surface area contributed by atoms with Crippen LogP contribution in [0.5, 0.6) is 0 Å². The monoisotopic (exact) mass is 224 g/mol. The predicted octanol–water partition coefficient (Wildman–Crippen LogP) is 2.85. The largest absolute Gasteiger partial charge is 0.324 e. The third kappa shape index (κ3) is 2.79. The number of benzene rings is 1. The summed E-state index contributed by atoms with van der Waals surface area (Å²) in [6.07, 6.45) is 3.36. The van der Waals surface area contributed by atoms with E-state index in [9.17, 15) is 0 Å². The molecule has 1 aromatic carbocycles. The Kier molecular flexibility index (Phi) is 3.31. The number of anilines is 2. The molecule has 0 aliphatic carbocycles. The molecule has 4 nitrogen and oxygen atoms in total. The number of hydrogen-bond acceptors (Lipinski definition) is 4. The summed E-state index contributed by atoms with van der Waals surface area (Å²) in [6.45, 7) is 1.88. The van der Waals surface area contributed by atoms with Crippen LogP contribution in [0.1, 0.15) is 18.4 Å². The normalized spacial score (nSPS) is 11.5. The second-order valence-corrected chi connectivity index (χ2v) is 3.67. The Morgan fingerprint density at radius 1 is 1.18 bits per heavy atom. The van der Waals surface area contributed by atoms with Crippen LogP contribution in [0.15, 0.2) is 42.7 Å². The van der Waals surface area contributed by atoms with E-state index in [1.165, 1.54) is 0 Å². The molecule has 0 saturated carbocycles. The van der Waals surface area contributed by atoms with E-state index < -0.39 is 0 Å². The van der Waals surface area contributed by atoms with Crippen LogP contribution >= 0.6 is 0 Å². The van der Waals surface area contributed by atoms with Gasteiger partial charge in [0, 0.05) is 18.1 Å². The fraction of sp³-hybridized carbons (Fsp3) is 0.154. The fourth-order valence-corrected chi connectivity index (χ4v) is 1.42. The van der Waals surface area contributed by atoms with Gasteiger partial charge < -0.3 is 5.32 Å². The minimum absolute atomic E-state index is 0.0861. The molecule has 84 valence electrons. The van der Waals surface area contributed by atoms with Crippen LogP contribution in [0.2, 0.25) is 0 Å². The molecule has 1 heterocycles. The summed E-state index contributed by atoms with van der Waals surface area (Å²) in [5, 5.41) is 11.9. The van der Waals surface area contributed by atoms with Crippen molar-refractivity contribution in [1.29, 1.82) is 5.26 Å². The zero-order chi connectivity index (χ0) is 12.1. The van der Waals surface area contributed by atoms with Crippen LogP contribution in [-0.4, -0.2) is 9.97 Å². The molecular weight excluding hydrogens is 212 g/mol. The molecule has 2 rings (SSSR count). The van der Waals surface area contributed by atoms with Crippen molar-refractivity contribution >= 4 is 11.6 Å². The lowest BCUT2D eigenvalue weighted by Crippen LogP contribution is -1.96. The summed E-state index contributed by atoms with van der Waals surface area (Å²) in [7, 11) is 0. The van der Waals surface area contributed by atoms with E-state index in [0.717, 1.165) is 11.3 Å². The summed E-state index contributed by atoms with van der Waals surface area (Å²) in [6, 6.07) is 11.7. The number of nitrogens with zero attached hydrogens (tertiary/aromatic N) is 3. The minimum atomic E-state index is -0.0861. The maximum absolute atomic E-state index is 8.81. The van der Waals surface area contributed by atoms with E-state index in [2.05, 4.69) is 21.4 Å². The standard InChI is InChI=1S/C13H12N4/c1-10(9-14)11-3-5-12(6-4-11)17-13-15-7-2-8-16-13/h2-8,10H,1H3,(H,15,16,17). The summed E-state index contributed by atoms with van der Waals surface area (Å²) >= 11 is 0. The maximum Gasteiger partial charge on any atom is 0.227 e. The second kappa shape index (κ2) is 5.08. The second-order valence-electron chi connectivity index (χ2n) is 3.67. The molecule has 1 aromatic heterocycles. The quantitative estimate of drug-likeness (QED) is 0.870. The van der Waals surface area contributed by atoms with Crippen LogP contribution in [0.3, 0.4) is 0 Å². The Balaban J connectivity index is 2.12. The fourth-order valence-electron chi connectivity index (χ4n) is 1.42. The molecule has 1 atom stereocenters. The first-order chi connectivity index (χ1) is 8.29. The van der Waals surface area contributed by atoms with Gasteiger partial charge in [-0.05, 0) is 30.7 Å². The first-order valence-electron chi connectivity index (χ1n) is 5.33. The van der Waals surface area contributed by atoms with Gasteiger partial charge in [0.25, 0.3) is 0 Å². The summed E-state index contributed by atoms with van der Waals surface area (Å²) in [5.41, 5.74) is 1.91. The van der Waals surface area contributed by atoms with Crippen molar-refractivity contribution in [3.8, 4) is 6.07 Å². The third-order valence-corrected chi connectivity index (χ3v) is 2.43. The van der Waals surface area contributed by atoms with Crippen molar-refractivity contribution in [2.75, 3.05) is 5.32 Å². The van der Waals surface area contributed by atoms with Gasteiger partial charge in [0.1, 0.15) is 0 Å². The number of aromatic nitrogens is 2. The van der Waals surface area contributed by atoms with Gasteiger partial charge in [0.15, 0.2) is 0 Å². The maximum atomic E-state index is 8.81. The zero-order valence-corrected chi connectivity index (χ0v) is 9.46. The van der Waals surface area contributed by atoms with E-state index in [1.807, 2.05) is 31.2 Å². The first-order valence-corrected chi connectivity index (χ1v) is 5.33. The molecule has 2 aromatic rings. The average molecular weight is 224 g/mol. The van der Waals surface area contributed by atoms with Crippen molar-refractivity contribution in [2.45, 2.75) is 12.8 Å². The van der Waals surface area contributed by atoms with Crippen LogP contribution in [-0.2, 0) is 0 Å². The highest BCUT2D eigenvalue weighted by Crippen LogP contribution is 2.18. The molecule has 0 bridgehead atoms. The Morgan fingerprint density at radius 3 is 2.41 bits per heavy atom. The van der Waals surface area contributed by atoms with Crippen LogP contribution in [0.4, 0.5) is 11.6 Å². The Labute approximate surface area is 100.0 Å². The lowest BCUT2D eigenvalue weighted by Gasteiger charge is -2.06. The topological polar surface area (TPSA) is 61.6 Å². The Morgan fingerprint density at radius 2 is 1.82 bits per heavy atom. The molecule has 4 heteroatoms. The van der Waals surface area contributed by atoms with Gasteiger partial charge in [-0.25, -0.2) is 9.97 Å². The van der Waals surface area contributed by atoms with E-state index in [0.29, 0.717) is 5.95 Å². The molecule has 0 radical (unpaired) electrons. The van der Waals surface area contributed by atoms with Crippen molar-refractivity contribution in [1.82, 2.24) is 9.97 Å². The molecule has 0 saturated heterocycles. The van der Waals surface area contributed by atoms with Crippen molar-refractivity contribution < 1.29 is 0 Å². The molecule has 0 amide bonds. The third-order valence-electron chi connectivity index (χ3n) is 2.43. The van der Waals surface area contributed by atoms with Crippen LogP contribution in [0.25, 0.3) is 0 Å². The summed E-state index contributed by atoms with van der Waals surface area (Å²) in [4.78, 5) is 8.15. The number of hydrogen-bond donors (Lipinski definition) is 1. The van der Waals surface area contributed by atoms with E-state index in [-0.39, 0.29) is 5.92 Å². The van der Waals surface area contributed by atoms with Gasteiger partial charge in [-0.15, -0.1) is 0 Å². The minimum Gasteiger partial charge on any atom is -0.324 e. The van der Waals surface area contributed by atoms with Gasteiger partial charge >= 0.3 is 0 Å². The van der Waals surface area contributed by atoms with Gasteiger partial charge in [0.2, 0.25) is 5.95 Å². The molecule has 1 N–H and O–H groups in total. The van der Waals surface area contributed by atoms with Gasteiger partial charge in [0.05, 0.1) is 12.0 Å². The highest BCUT2D eigenvalue weighted by Gasteiger charge is 2.03. The molecule has 0 aliphatic heterocycles. The molecule has 0 fully saturated rings. The van der Waals surface area contributed by atoms with Crippen molar-refractivity contribution in [3.05, 3.63) is 48.3 Å². The average Bonchev–Trinajstić information content (AvgIpc) is 2.40. The van der Waals surface area contributed by atoms with E-state index >= 15 is 0 Å². The highest BCUT2D eigenvalue weighted by atomic mass is 15.1. The van der Waals surface area contributed by atoms with Gasteiger partial charge in [-0.3, -0.25) is 0 Å². The molecule has 17 heavy (non-hydrogen) atoms. The number of nitrogens with one attached hydrogen (secondary N) is 1. The molecular formula is C13H12N4. The molecule has 0 spiro atoms. The van der Waals surface area contributed by atoms with Gasteiger partial charge in [-0.2, -0.15) is 5.26 Å². The Hall–Kier alpha value is -2.41. The first kappa shape index (κ1) is 11.1. The lowest BCUT2D eigenvalue weighted by molar-refractivity contribution is 0.982. The van der Waals surface area contributed by atoms with E-state index in [4.69, 9.17) is 5.26 Å². The van der Waals surface area contributed by atoms with Gasteiger partial charge in [-0.1, -0.05) is 12.1 Å². The zero-order valence-electron chi connectivity index (χ0n) is 9.46. The molecule has 1 unspecified atom stereocenters. The Bertz CT molecular complexity index is 513. The van der Waals surface area contributed by atoms with Crippen LogP contribution in [0, 0.1) is 11.3 Å². The summed E-state index contributed by atoms with van der Waals surface area (Å²) in [5.74, 6) is 0.477. The lowest BCUT2D eigenvalue weighted by atomic mass is 10.0. The summed E-state index contributed by atoms with van der Waals surface area (Å²) < 4.78 is 0. The smallest absolute Gasteiger partial charge is 0.227 e. The molecule has 0 aliphatic rings. The number of nitriles is 1. The SMILES string of the molecule is CC(C#N)c1ccc(Nc2ncccn2)cc1.